The molecule has 1 fully saturated rings. The minimum Gasteiger partial charge on any atom is -0.493 e. The number of hydrogen-bond donors (Lipinski definition) is 1. The number of aromatic nitrogens is 3. The number of aldehydes is 1. The number of rotatable bonds is 10. The molecule has 1 aromatic carbocycles. The van der Waals surface area contributed by atoms with E-state index in [1.54, 1.807) is 13.0 Å². The molecule has 0 atom stereocenters. The van der Waals surface area contributed by atoms with E-state index in [1.807, 2.05) is 13.8 Å². The van der Waals surface area contributed by atoms with E-state index >= 15 is 0 Å². The number of fused-ring (bicyclic) bond motifs is 1. The van der Waals surface area contributed by atoms with Gasteiger partial charge in [0.15, 0.2) is 12.1 Å². The summed E-state index contributed by atoms with van der Waals surface area (Å²) in [7, 11) is -3.79. The quantitative estimate of drug-likeness (QED) is 0.305. The zero-order chi connectivity index (χ0) is 26.7. The first-order valence-electron chi connectivity index (χ1n) is 12.4. The molecule has 10 nitrogen and oxygen atoms in total. The molecule has 4 rings (SSSR count). The number of carbonyl (C=O) groups is 1. The first kappa shape index (κ1) is 27.3. The number of piperazine rings is 1. The molecule has 0 spiro atoms. The van der Waals surface area contributed by atoms with Gasteiger partial charge in [-0.2, -0.15) is 4.31 Å². The number of hydrogen-bond acceptors (Lipinski definition) is 7. The standard InChI is InChI=1S/C25H32ClN5O5S/c1-4-6-21-20(16-32)17(3)23-25(33)27-24(28-31(21)23)19-15-18(7-8-22(19)36-5-2)37(34,35)30-13-11-29(10-9-26)12-14-30/h7-8,15-16H,4-6,9-14H2,1-3H3,(H,27,28,33). The number of alkyl halides is 1. The third-order valence-corrected chi connectivity index (χ3v) is 8.73. The summed E-state index contributed by atoms with van der Waals surface area (Å²) in [5.41, 5.74) is 1.89. The predicted octanol–water partition coefficient (Wildman–Crippen LogP) is 2.71. The van der Waals surface area contributed by atoms with Gasteiger partial charge in [-0.1, -0.05) is 13.3 Å². The summed E-state index contributed by atoms with van der Waals surface area (Å²) in [6, 6.07) is 4.59. The monoisotopic (exact) mass is 549 g/mol. The Morgan fingerprint density at radius 1 is 1.19 bits per heavy atom. The lowest BCUT2D eigenvalue weighted by Gasteiger charge is -2.33. The van der Waals surface area contributed by atoms with Crippen LogP contribution < -0.4 is 10.3 Å². The Bertz CT molecular complexity index is 1460. The van der Waals surface area contributed by atoms with E-state index in [4.69, 9.17) is 16.3 Å². The van der Waals surface area contributed by atoms with Crippen LogP contribution in [-0.4, -0.2) is 83.7 Å². The van der Waals surface area contributed by atoms with Crippen LogP contribution in [0.15, 0.2) is 27.9 Å². The van der Waals surface area contributed by atoms with Crippen LogP contribution in [0, 0.1) is 6.92 Å². The molecule has 3 aromatic rings. The van der Waals surface area contributed by atoms with Crippen LogP contribution in [0.4, 0.5) is 0 Å². The number of halogens is 1. The number of aromatic amines is 1. The van der Waals surface area contributed by atoms with Crippen molar-refractivity contribution in [3.8, 4) is 17.1 Å². The molecule has 12 heteroatoms. The smallest absolute Gasteiger partial charge is 0.275 e. The molecule has 1 aliphatic rings. The van der Waals surface area contributed by atoms with E-state index in [0.717, 1.165) is 19.3 Å². The number of H-pyrrole nitrogens is 1. The second kappa shape index (κ2) is 11.3. The van der Waals surface area contributed by atoms with Gasteiger partial charge in [0.1, 0.15) is 11.3 Å². The molecular formula is C25H32ClN5O5S. The van der Waals surface area contributed by atoms with Gasteiger partial charge in [-0.3, -0.25) is 14.5 Å². The van der Waals surface area contributed by atoms with Crippen molar-refractivity contribution in [1.82, 2.24) is 23.8 Å². The topological polar surface area (TPSA) is 117 Å². The molecule has 2 aromatic heterocycles. The number of nitrogens with zero attached hydrogens (tertiary/aromatic N) is 4. The number of carbonyl (C=O) groups excluding carboxylic acids is 1. The third kappa shape index (κ3) is 5.18. The van der Waals surface area contributed by atoms with E-state index in [2.05, 4.69) is 15.0 Å². The largest absolute Gasteiger partial charge is 0.493 e. The van der Waals surface area contributed by atoms with Crippen molar-refractivity contribution in [3.05, 3.63) is 45.4 Å². The molecular weight excluding hydrogens is 518 g/mol. The second-order valence-corrected chi connectivity index (χ2v) is 11.3. The molecule has 0 radical (unpaired) electrons. The van der Waals surface area contributed by atoms with Gasteiger partial charge < -0.3 is 9.72 Å². The number of benzene rings is 1. The summed E-state index contributed by atoms with van der Waals surface area (Å²) in [5.74, 6) is 1.06. The van der Waals surface area contributed by atoms with Crippen LogP contribution in [0.1, 0.15) is 41.9 Å². The van der Waals surface area contributed by atoms with Gasteiger partial charge in [0.2, 0.25) is 10.0 Å². The summed E-state index contributed by atoms with van der Waals surface area (Å²) < 4.78 is 35.8. The van der Waals surface area contributed by atoms with Crippen LogP contribution in [0.25, 0.3) is 16.9 Å². The molecule has 0 saturated carbocycles. The highest BCUT2D eigenvalue weighted by Gasteiger charge is 2.30. The number of nitrogens with one attached hydrogen (secondary N) is 1. The SMILES string of the molecule is CCCc1c(C=O)c(C)c2c(=O)[nH]c(-c3cc(S(=O)(=O)N4CCN(CCCl)CC4)ccc3OCC)nn12. The Morgan fingerprint density at radius 3 is 2.54 bits per heavy atom. The Labute approximate surface area is 221 Å². The lowest BCUT2D eigenvalue weighted by molar-refractivity contribution is 0.112. The summed E-state index contributed by atoms with van der Waals surface area (Å²) >= 11 is 5.83. The van der Waals surface area contributed by atoms with E-state index in [1.165, 1.54) is 21.0 Å². The molecule has 0 amide bonds. The Morgan fingerprint density at radius 2 is 1.92 bits per heavy atom. The fourth-order valence-electron chi connectivity index (χ4n) is 4.77. The van der Waals surface area contributed by atoms with Gasteiger partial charge >= 0.3 is 0 Å². The minimum absolute atomic E-state index is 0.0885. The summed E-state index contributed by atoms with van der Waals surface area (Å²) in [6.07, 6.45) is 2.06. The number of aryl methyl sites for hydroxylation is 2. The molecule has 3 heterocycles. The van der Waals surface area contributed by atoms with Gasteiger partial charge in [-0.05, 0) is 44.0 Å². The van der Waals surface area contributed by atoms with Gasteiger partial charge in [0, 0.05) is 44.2 Å². The molecule has 1 aliphatic heterocycles. The molecule has 0 bridgehead atoms. The maximum Gasteiger partial charge on any atom is 0.275 e. The fraction of sp³-hybridized carbons (Fsp3) is 0.480. The molecule has 37 heavy (non-hydrogen) atoms. The van der Waals surface area contributed by atoms with Crippen molar-refractivity contribution in [3.63, 3.8) is 0 Å². The Kier molecular flexibility index (Phi) is 8.37. The molecule has 200 valence electrons. The third-order valence-electron chi connectivity index (χ3n) is 6.67. The van der Waals surface area contributed by atoms with Crippen molar-refractivity contribution >= 4 is 33.4 Å². The highest BCUT2D eigenvalue weighted by molar-refractivity contribution is 7.89. The lowest BCUT2D eigenvalue weighted by Crippen LogP contribution is -2.48. The summed E-state index contributed by atoms with van der Waals surface area (Å²) in [6.45, 7) is 8.51. The van der Waals surface area contributed by atoms with Crippen molar-refractivity contribution in [2.45, 2.75) is 38.5 Å². The van der Waals surface area contributed by atoms with Crippen LogP contribution in [0.5, 0.6) is 5.75 Å². The second-order valence-electron chi connectivity index (χ2n) is 8.94. The van der Waals surface area contributed by atoms with Crippen molar-refractivity contribution in [2.24, 2.45) is 0 Å². The van der Waals surface area contributed by atoms with E-state index < -0.39 is 15.6 Å². The van der Waals surface area contributed by atoms with Crippen LogP contribution in [0.2, 0.25) is 0 Å². The average molecular weight is 550 g/mol. The van der Waals surface area contributed by atoms with Gasteiger partial charge in [-0.25, -0.2) is 12.9 Å². The summed E-state index contributed by atoms with van der Waals surface area (Å²) in [4.78, 5) is 30.0. The highest BCUT2D eigenvalue weighted by atomic mass is 35.5. The highest BCUT2D eigenvalue weighted by Crippen LogP contribution is 2.32. The van der Waals surface area contributed by atoms with E-state index in [0.29, 0.717) is 78.7 Å². The minimum atomic E-state index is -3.79. The molecule has 1 N–H and O–H groups in total. The van der Waals surface area contributed by atoms with Crippen LogP contribution >= 0.6 is 11.6 Å². The average Bonchev–Trinajstić information content (AvgIpc) is 3.16. The van der Waals surface area contributed by atoms with Gasteiger partial charge in [-0.15, -0.1) is 16.7 Å². The lowest BCUT2D eigenvalue weighted by atomic mass is 10.1. The van der Waals surface area contributed by atoms with Crippen LogP contribution in [-0.2, 0) is 16.4 Å². The maximum atomic E-state index is 13.5. The van der Waals surface area contributed by atoms with Crippen molar-refractivity contribution in [2.75, 3.05) is 45.2 Å². The predicted molar refractivity (Wildman–Crippen MR) is 142 cm³/mol. The van der Waals surface area contributed by atoms with E-state index in [-0.39, 0.29) is 10.7 Å². The Hall–Kier alpha value is -2.73. The van der Waals surface area contributed by atoms with Crippen molar-refractivity contribution < 1.29 is 17.9 Å². The number of sulfonamides is 1. The van der Waals surface area contributed by atoms with Crippen molar-refractivity contribution in [1.29, 1.82) is 0 Å². The fourth-order valence-corrected chi connectivity index (χ4v) is 6.46. The zero-order valence-corrected chi connectivity index (χ0v) is 22.9. The first-order chi connectivity index (χ1) is 17.8. The molecule has 0 aliphatic carbocycles. The van der Waals surface area contributed by atoms with Gasteiger partial charge in [0.25, 0.3) is 5.56 Å². The van der Waals surface area contributed by atoms with E-state index in [9.17, 15) is 18.0 Å². The summed E-state index contributed by atoms with van der Waals surface area (Å²) in [5, 5.41) is 4.66. The Balaban J connectivity index is 1.82. The zero-order valence-electron chi connectivity index (χ0n) is 21.3. The maximum absolute atomic E-state index is 13.5. The molecule has 1 saturated heterocycles. The molecule has 0 unspecified atom stereocenters. The van der Waals surface area contributed by atoms with Gasteiger partial charge in [0.05, 0.1) is 22.8 Å². The van der Waals surface area contributed by atoms with Crippen LogP contribution in [0.3, 0.4) is 0 Å². The normalized spacial score (nSPS) is 15.4. The number of ether oxygens (including phenoxy) is 1. The first-order valence-corrected chi connectivity index (χ1v) is 14.4.